The minimum Gasteiger partial charge on any atom is -0.229 e. The highest BCUT2D eigenvalue weighted by atomic mass is 32.2. The first-order chi connectivity index (χ1) is 5.14. The fraction of sp³-hybridized carbons (Fsp3) is 0.875. The van der Waals surface area contributed by atoms with Gasteiger partial charge in [-0.15, -0.1) is 0 Å². The molecule has 0 saturated heterocycles. The first-order valence-electron chi connectivity index (χ1n) is 4.21. The predicted octanol–water partition coefficient (Wildman–Crippen LogP) is 1.77. The number of rotatable bonds is 3. The average Bonchev–Trinajstić information content (AvgIpc) is 2.39. The van der Waals surface area contributed by atoms with Gasteiger partial charge in [0.05, 0.1) is 5.75 Å². The molecule has 0 N–H and O–H groups in total. The van der Waals surface area contributed by atoms with Crippen LogP contribution in [0, 0.1) is 11.7 Å². The Morgan fingerprint density at radius 2 is 1.91 bits per heavy atom. The highest BCUT2D eigenvalue weighted by molar-refractivity contribution is 7.93. The van der Waals surface area contributed by atoms with E-state index in [-0.39, 0.29) is 5.75 Å². The molecule has 0 aromatic heterocycles. The van der Waals surface area contributed by atoms with E-state index < -0.39 is 9.84 Å². The standard InChI is InChI=1S/C8H15O2S/c1-2-11(9,10)7-8-5-3-4-6-8/h7-8H,2-6H2,1H3. The van der Waals surface area contributed by atoms with Gasteiger partial charge in [0.25, 0.3) is 0 Å². The van der Waals surface area contributed by atoms with E-state index in [1.54, 1.807) is 12.7 Å². The fourth-order valence-corrected chi connectivity index (χ4v) is 2.53. The van der Waals surface area contributed by atoms with Crippen LogP contribution in [0.15, 0.2) is 0 Å². The average molecular weight is 175 g/mol. The van der Waals surface area contributed by atoms with Crippen molar-refractivity contribution in [3.63, 3.8) is 0 Å². The maximum atomic E-state index is 11.1. The molecule has 0 aliphatic heterocycles. The van der Waals surface area contributed by atoms with Gasteiger partial charge < -0.3 is 0 Å². The van der Waals surface area contributed by atoms with Gasteiger partial charge in [-0.05, 0) is 18.8 Å². The molecule has 0 spiro atoms. The van der Waals surface area contributed by atoms with E-state index in [9.17, 15) is 8.42 Å². The van der Waals surface area contributed by atoms with E-state index >= 15 is 0 Å². The van der Waals surface area contributed by atoms with Crippen LogP contribution in [0.1, 0.15) is 32.6 Å². The van der Waals surface area contributed by atoms with Crippen LogP contribution in [0.2, 0.25) is 0 Å². The largest absolute Gasteiger partial charge is 0.229 e. The van der Waals surface area contributed by atoms with Crippen LogP contribution >= 0.6 is 0 Å². The molecule has 0 aromatic carbocycles. The predicted molar refractivity (Wildman–Crippen MR) is 45.7 cm³/mol. The van der Waals surface area contributed by atoms with E-state index in [1.807, 2.05) is 0 Å². The zero-order valence-electron chi connectivity index (χ0n) is 6.91. The molecule has 0 aromatic rings. The van der Waals surface area contributed by atoms with Gasteiger partial charge >= 0.3 is 0 Å². The summed E-state index contributed by atoms with van der Waals surface area (Å²) in [5.74, 6) is 2.16. The van der Waals surface area contributed by atoms with E-state index in [2.05, 4.69) is 0 Å². The van der Waals surface area contributed by atoms with E-state index in [1.165, 1.54) is 12.8 Å². The van der Waals surface area contributed by atoms with Crippen LogP contribution in [-0.2, 0) is 9.84 Å². The summed E-state index contributed by atoms with van der Waals surface area (Å²) in [7, 11) is -2.83. The van der Waals surface area contributed by atoms with Gasteiger partial charge in [-0.2, -0.15) is 0 Å². The SMILES string of the molecule is CCS(=O)(=O)[CH]C1CCCC1. The number of sulfone groups is 1. The number of hydrogen-bond donors (Lipinski definition) is 0. The normalized spacial score (nSPS) is 20.8. The molecule has 2 nitrogen and oxygen atoms in total. The second-order valence-electron chi connectivity index (χ2n) is 3.13. The summed E-state index contributed by atoms with van der Waals surface area (Å²) in [6.45, 7) is 1.70. The summed E-state index contributed by atoms with van der Waals surface area (Å²) < 4.78 is 22.2. The molecule has 1 rings (SSSR count). The molecule has 1 aliphatic rings. The first kappa shape index (κ1) is 9.04. The molecule has 1 fully saturated rings. The highest BCUT2D eigenvalue weighted by Crippen LogP contribution is 2.28. The first-order valence-corrected chi connectivity index (χ1v) is 5.93. The van der Waals surface area contributed by atoms with Crippen LogP contribution in [0.4, 0.5) is 0 Å². The summed E-state index contributed by atoms with van der Waals surface area (Å²) in [6, 6.07) is 0. The Labute approximate surface area is 68.9 Å². The van der Waals surface area contributed by atoms with Crippen molar-refractivity contribution in [3.05, 3.63) is 5.75 Å². The minimum atomic E-state index is -2.83. The maximum Gasteiger partial charge on any atom is 0.154 e. The van der Waals surface area contributed by atoms with Crippen LogP contribution in [-0.4, -0.2) is 14.2 Å². The Hall–Kier alpha value is -0.0500. The molecule has 0 bridgehead atoms. The van der Waals surface area contributed by atoms with Crippen LogP contribution in [0.5, 0.6) is 0 Å². The fourth-order valence-electron chi connectivity index (χ4n) is 1.48. The summed E-state index contributed by atoms with van der Waals surface area (Å²) in [6.07, 6.45) is 4.53. The molecule has 0 atom stereocenters. The maximum absolute atomic E-state index is 11.1. The lowest BCUT2D eigenvalue weighted by Gasteiger charge is -2.06. The molecule has 0 unspecified atom stereocenters. The topological polar surface area (TPSA) is 34.1 Å². The van der Waals surface area contributed by atoms with Crippen molar-refractivity contribution in [2.45, 2.75) is 32.6 Å². The van der Waals surface area contributed by atoms with Crippen LogP contribution in [0.3, 0.4) is 0 Å². The van der Waals surface area contributed by atoms with Gasteiger partial charge in [0, 0.05) is 5.75 Å². The van der Waals surface area contributed by atoms with Crippen molar-refractivity contribution in [2.75, 3.05) is 5.75 Å². The van der Waals surface area contributed by atoms with Crippen molar-refractivity contribution in [1.29, 1.82) is 0 Å². The Bertz CT molecular complexity index is 200. The van der Waals surface area contributed by atoms with Crippen molar-refractivity contribution in [1.82, 2.24) is 0 Å². The Morgan fingerprint density at radius 1 is 1.36 bits per heavy atom. The second kappa shape index (κ2) is 3.57. The van der Waals surface area contributed by atoms with Gasteiger partial charge in [0.15, 0.2) is 9.84 Å². The summed E-state index contributed by atoms with van der Waals surface area (Å²) in [5, 5.41) is 0. The zero-order chi connectivity index (χ0) is 8.32. The molecule has 65 valence electrons. The van der Waals surface area contributed by atoms with Crippen molar-refractivity contribution < 1.29 is 8.42 Å². The van der Waals surface area contributed by atoms with Gasteiger partial charge in [0.1, 0.15) is 0 Å². The van der Waals surface area contributed by atoms with Crippen LogP contribution < -0.4 is 0 Å². The van der Waals surface area contributed by atoms with Crippen molar-refractivity contribution in [3.8, 4) is 0 Å². The quantitative estimate of drug-likeness (QED) is 0.655. The molecule has 0 heterocycles. The van der Waals surface area contributed by atoms with Crippen LogP contribution in [0.25, 0.3) is 0 Å². The third-order valence-corrected chi connectivity index (χ3v) is 3.81. The van der Waals surface area contributed by atoms with Gasteiger partial charge in [-0.3, -0.25) is 0 Å². The van der Waals surface area contributed by atoms with Crippen molar-refractivity contribution in [2.24, 2.45) is 5.92 Å². The minimum absolute atomic E-state index is 0.253. The Balaban J connectivity index is 2.41. The molecule has 3 heteroatoms. The lowest BCUT2D eigenvalue weighted by molar-refractivity contribution is 0.584. The third-order valence-electron chi connectivity index (χ3n) is 2.20. The monoisotopic (exact) mass is 175 g/mol. The molecule has 11 heavy (non-hydrogen) atoms. The molecule has 1 aliphatic carbocycles. The molecule has 1 radical (unpaired) electrons. The smallest absolute Gasteiger partial charge is 0.154 e. The summed E-state index contributed by atoms with van der Waals surface area (Å²) >= 11 is 0. The molecule has 0 amide bonds. The van der Waals surface area contributed by atoms with Gasteiger partial charge in [0.2, 0.25) is 0 Å². The summed E-state index contributed by atoms with van der Waals surface area (Å²) in [4.78, 5) is 0. The van der Waals surface area contributed by atoms with E-state index in [0.29, 0.717) is 5.92 Å². The summed E-state index contributed by atoms with van der Waals surface area (Å²) in [5.41, 5.74) is 0. The molecular weight excluding hydrogens is 160 g/mol. The highest BCUT2D eigenvalue weighted by Gasteiger charge is 2.21. The lowest BCUT2D eigenvalue weighted by Crippen LogP contribution is -2.09. The molecular formula is C8H15O2S. The van der Waals surface area contributed by atoms with E-state index in [4.69, 9.17) is 0 Å². The van der Waals surface area contributed by atoms with Crippen molar-refractivity contribution >= 4 is 9.84 Å². The van der Waals surface area contributed by atoms with E-state index in [0.717, 1.165) is 12.8 Å². The Morgan fingerprint density at radius 3 is 2.36 bits per heavy atom. The zero-order valence-corrected chi connectivity index (χ0v) is 7.73. The molecule has 1 saturated carbocycles. The second-order valence-corrected chi connectivity index (χ2v) is 5.31. The third kappa shape index (κ3) is 2.81. The number of hydrogen-bond acceptors (Lipinski definition) is 2. The van der Waals surface area contributed by atoms with Gasteiger partial charge in [-0.25, -0.2) is 8.42 Å². The van der Waals surface area contributed by atoms with Gasteiger partial charge in [-0.1, -0.05) is 19.8 Å². The lowest BCUT2D eigenvalue weighted by atomic mass is 10.1. The Kier molecular flexibility index (Phi) is 2.93.